The Morgan fingerprint density at radius 1 is 1.58 bits per heavy atom. The second-order valence-corrected chi connectivity index (χ2v) is 4.91. The fraction of sp³-hybridized carbons (Fsp3) is 0.455. The fourth-order valence-electron chi connectivity index (χ4n) is 2.17. The largest absolute Gasteiger partial charge is 0.391 e. The van der Waals surface area contributed by atoms with Crippen LogP contribution >= 0.6 is 12.2 Å². The molecule has 2 N–H and O–H groups in total. The van der Waals surface area contributed by atoms with E-state index in [1.165, 1.54) is 6.33 Å². The van der Waals surface area contributed by atoms with E-state index in [0.29, 0.717) is 23.9 Å². The Kier molecular flexibility index (Phi) is 3.03. The van der Waals surface area contributed by atoms with Gasteiger partial charge in [0.15, 0.2) is 0 Å². The minimum atomic E-state index is -0.226. The second kappa shape index (κ2) is 4.71. The number of ether oxygens (including phenoxy) is 1. The number of aromatic nitrogens is 4. The lowest BCUT2D eigenvalue weighted by Crippen LogP contribution is -2.48. The number of nitrogens with two attached hydrogens (primary N) is 1. The summed E-state index contributed by atoms with van der Waals surface area (Å²) in [5.41, 5.74) is 6.56. The van der Waals surface area contributed by atoms with Crippen LogP contribution in [0.15, 0.2) is 12.4 Å². The number of rotatable bonds is 2. The van der Waals surface area contributed by atoms with Crippen LogP contribution in [-0.4, -0.2) is 50.4 Å². The van der Waals surface area contributed by atoms with Gasteiger partial charge in [-0.25, -0.2) is 4.98 Å². The van der Waals surface area contributed by atoms with Crippen LogP contribution in [0.4, 0.5) is 5.82 Å². The van der Waals surface area contributed by atoms with E-state index < -0.39 is 0 Å². The van der Waals surface area contributed by atoms with E-state index >= 15 is 0 Å². The maximum absolute atomic E-state index is 5.66. The van der Waals surface area contributed by atoms with E-state index in [0.717, 1.165) is 18.1 Å². The minimum Gasteiger partial charge on any atom is -0.391 e. The van der Waals surface area contributed by atoms with Crippen molar-refractivity contribution in [3.8, 4) is 0 Å². The van der Waals surface area contributed by atoms with Crippen molar-refractivity contribution in [1.29, 1.82) is 0 Å². The first-order chi connectivity index (χ1) is 9.15. The number of hydrogen-bond donors (Lipinski definition) is 1. The SMILES string of the molecule is Cc1cc(N2CCOC(C(N)=S)C2)n2ncnc2n1. The molecule has 2 aromatic heterocycles. The van der Waals surface area contributed by atoms with Gasteiger partial charge in [-0.15, -0.1) is 0 Å². The summed E-state index contributed by atoms with van der Waals surface area (Å²) in [6.07, 6.45) is 1.27. The van der Waals surface area contributed by atoms with Gasteiger partial charge in [-0.05, 0) is 6.92 Å². The molecule has 0 radical (unpaired) electrons. The molecule has 0 aliphatic carbocycles. The lowest BCUT2D eigenvalue weighted by atomic mass is 10.2. The molecule has 0 amide bonds. The van der Waals surface area contributed by atoms with Crippen LogP contribution in [0.1, 0.15) is 5.69 Å². The molecule has 3 rings (SSSR count). The number of thiocarbonyl (C=S) groups is 1. The highest BCUT2D eigenvalue weighted by Gasteiger charge is 2.24. The molecular formula is C11H14N6OS. The Morgan fingerprint density at radius 3 is 3.21 bits per heavy atom. The van der Waals surface area contributed by atoms with Gasteiger partial charge in [0.25, 0.3) is 5.78 Å². The van der Waals surface area contributed by atoms with Crippen LogP contribution in [0, 0.1) is 6.92 Å². The standard InChI is InChI=1S/C11H14N6OS/c1-7-4-9(17-11(15-7)13-6-14-17)16-2-3-18-8(5-16)10(12)19/h4,6,8H,2-3,5H2,1H3,(H2,12,19). The molecule has 100 valence electrons. The Balaban J connectivity index is 1.99. The van der Waals surface area contributed by atoms with Crippen LogP contribution < -0.4 is 10.6 Å². The molecule has 1 saturated heterocycles. The van der Waals surface area contributed by atoms with Gasteiger partial charge in [-0.1, -0.05) is 12.2 Å². The molecule has 1 aliphatic rings. The fourth-order valence-corrected chi connectivity index (χ4v) is 2.31. The monoisotopic (exact) mass is 278 g/mol. The van der Waals surface area contributed by atoms with Gasteiger partial charge >= 0.3 is 0 Å². The Labute approximate surface area is 115 Å². The molecule has 0 spiro atoms. The number of nitrogens with zero attached hydrogens (tertiary/aromatic N) is 5. The highest BCUT2D eigenvalue weighted by atomic mass is 32.1. The molecular weight excluding hydrogens is 264 g/mol. The third-order valence-electron chi connectivity index (χ3n) is 3.07. The van der Waals surface area contributed by atoms with Crippen LogP contribution in [-0.2, 0) is 4.74 Å². The molecule has 3 heterocycles. The quantitative estimate of drug-likeness (QED) is 0.770. The van der Waals surface area contributed by atoms with E-state index in [-0.39, 0.29) is 6.10 Å². The number of anilines is 1. The van der Waals surface area contributed by atoms with Crippen molar-refractivity contribution in [2.45, 2.75) is 13.0 Å². The van der Waals surface area contributed by atoms with Gasteiger partial charge < -0.3 is 15.4 Å². The molecule has 1 aliphatic heterocycles. The molecule has 1 atom stereocenters. The summed E-state index contributed by atoms with van der Waals surface area (Å²) in [5, 5.41) is 4.20. The zero-order valence-electron chi connectivity index (χ0n) is 10.5. The first-order valence-electron chi connectivity index (χ1n) is 5.98. The third-order valence-corrected chi connectivity index (χ3v) is 3.33. The molecule has 7 nitrogen and oxygen atoms in total. The van der Waals surface area contributed by atoms with Gasteiger partial charge in [-0.2, -0.15) is 14.6 Å². The first kappa shape index (κ1) is 12.2. The van der Waals surface area contributed by atoms with Crippen molar-refractivity contribution in [2.24, 2.45) is 5.73 Å². The number of fused-ring (bicyclic) bond motifs is 1. The number of aryl methyl sites for hydroxylation is 1. The molecule has 8 heteroatoms. The molecule has 0 saturated carbocycles. The molecule has 1 fully saturated rings. The summed E-state index contributed by atoms with van der Waals surface area (Å²) in [6, 6.07) is 1.98. The Bertz CT molecular complexity index is 627. The summed E-state index contributed by atoms with van der Waals surface area (Å²) in [7, 11) is 0. The predicted molar refractivity (Wildman–Crippen MR) is 74.3 cm³/mol. The smallest absolute Gasteiger partial charge is 0.254 e. The maximum atomic E-state index is 5.66. The van der Waals surface area contributed by atoms with E-state index in [1.807, 2.05) is 13.0 Å². The first-order valence-corrected chi connectivity index (χ1v) is 6.39. The molecule has 19 heavy (non-hydrogen) atoms. The van der Waals surface area contributed by atoms with Crippen molar-refractivity contribution < 1.29 is 4.74 Å². The number of hydrogen-bond acceptors (Lipinski definition) is 6. The van der Waals surface area contributed by atoms with Crippen LogP contribution in [0.2, 0.25) is 0 Å². The van der Waals surface area contributed by atoms with Gasteiger partial charge in [0.2, 0.25) is 0 Å². The van der Waals surface area contributed by atoms with E-state index in [9.17, 15) is 0 Å². The highest BCUT2D eigenvalue weighted by molar-refractivity contribution is 7.80. The Morgan fingerprint density at radius 2 is 2.42 bits per heavy atom. The number of morpholine rings is 1. The predicted octanol–water partition coefficient (Wildman–Crippen LogP) is -0.0760. The maximum Gasteiger partial charge on any atom is 0.254 e. The van der Waals surface area contributed by atoms with Gasteiger partial charge in [-0.3, -0.25) is 0 Å². The zero-order chi connectivity index (χ0) is 13.4. The van der Waals surface area contributed by atoms with Crippen LogP contribution in [0.25, 0.3) is 5.78 Å². The van der Waals surface area contributed by atoms with Crippen LogP contribution in [0.5, 0.6) is 0 Å². The average Bonchev–Trinajstić information content (AvgIpc) is 2.85. The summed E-state index contributed by atoms with van der Waals surface area (Å²) in [6.45, 7) is 3.90. The van der Waals surface area contributed by atoms with Gasteiger partial charge in [0, 0.05) is 18.3 Å². The summed E-state index contributed by atoms with van der Waals surface area (Å²) in [5.74, 6) is 1.53. The normalized spacial score (nSPS) is 19.8. The van der Waals surface area contributed by atoms with Crippen molar-refractivity contribution in [3.63, 3.8) is 0 Å². The van der Waals surface area contributed by atoms with Gasteiger partial charge in [0.05, 0.1) is 13.2 Å². The zero-order valence-corrected chi connectivity index (χ0v) is 11.3. The third kappa shape index (κ3) is 2.24. The summed E-state index contributed by atoms with van der Waals surface area (Å²) >= 11 is 5.00. The van der Waals surface area contributed by atoms with E-state index in [2.05, 4.69) is 20.0 Å². The molecule has 0 aromatic carbocycles. The lowest BCUT2D eigenvalue weighted by molar-refractivity contribution is 0.0842. The Hall–Kier alpha value is -1.80. The van der Waals surface area contributed by atoms with Crippen molar-refractivity contribution in [1.82, 2.24) is 19.6 Å². The second-order valence-electron chi connectivity index (χ2n) is 4.44. The van der Waals surface area contributed by atoms with Crippen LogP contribution in [0.3, 0.4) is 0 Å². The topological polar surface area (TPSA) is 81.6 Å². The lowest BCUT2D eigenvalue weighted by Gasteiger charge is -2.33. The van der Waals surface area contributed by atoms with Crippen molar-refractivity contribution in [3.05, 3.63) is 18.1 Å². The highest BCUT2D eigenvalue weighted by Crippen LogP contribution is 2.19. The average molecular weight is 278 g/mol. The summed E-state index contributed by atoms with van der Waals surface area (Å²) < 4.78 is 7.26. The van der Waals surface area contributed by atoms with E-state index in [1.54, 1.807) is 4.52 Å². The van der Waals surface area contributed by atoms with Gasteiger partial charge in [0.1, 0.15) is 23.2 Å². The van der Waals surface area contributed by atoms with Crippen molar-refractivity contribution >= 4 is 28.8 Å². The van der Waals surface area contributed by atoms with E-state index in [4.69, 9.17) is 22.7 Å². The summed E-state index contributed by atoms with van der Waals surface area (Å²) in [4.78, 5) is 11.0. The molecule has 2 aromatic rings. The van der Waals surface area contributed by atoms with Crippen molar-refractivity contribution in [2.75, 3.05) is 24.6 Å². The minimum absolute atomic E-state index is 0.226. The molecule has 0 bridgehead atoms. The molecule has 1 unspecified atom stereocenters.